The molecular formula is C21H23F3N4O3. The summed E-state index contributed by atoms with van der Waals surface area (Å²) < 4.78 is 43.0. The molecule has 166 valence electrons. The van der Waals surface area contributed by atoms with Gasteiger partial charge in [0.05, 0.1) is 11.8 Å². The summed E-state index contributed by atoms with van der Waals surface area (Å²) >= 11 is 0. The molecule has 0 atom stereocenters. The number of nitrogens with one attached hydrogen (secondary N) is 3. The van der Waals surface area contributed by atoms with Crippen LogP contribution in [-0.4, -0.2) is 30.1 Å². The minimum absolute atomic E-state index is 0.0669. The Hall–Kier alpha value is -3.43. The maximum absolute atomic E-state index is 12.7. The van der Waals surface area contributed by atoms with Gasteiger partial charge in [0.15, 0.2) is 5.76 Å². The standard InChI is InChI=1S/C21H23F3N4O3/c1-2-3-16(12-18-13-25-20(30)31-18)27-19(29)26-15-8-10-28(11-9-15)17-6-4-14(5-7-17)21(22,23)24/h2-7,12-13,15H,8-11H2,1H3,(H,25,30)(H2,26,27,29)/b3-2-,16-12+. The number of amides is 2. The average Bonchev–Trinajstić information content (AvgIpc) is 3.13. The van der Waals surface area contributed by atoms with Crippen molar-refractivity contribution in [3.63, 3.8) is 0 Å². The fraction of sp³-hybridized carbons (Fsp3) is 0.333. The number of aromatic nitrogens is 1. The predicted octanol–water partition coefficient (Wildman–Crippen LogP) is 3.87. The first-order valence-corrected chi connectivity index (χ1v) is 9.77. The molecule has 0 spiro atoms. The number of hydrogen-bond donors (Lipinski definition) is 3. The van der Waals surface area contributed by atoms with Crippen molar-refractivity contribution < 1.29 is 22.4 Å². The van der Waals surface area contributed by atoms with Gasteiger partial charge in [0.2, 0.25) is 0 Å². The number of carbonyl (C=O) groups is 1. The maximum Gasteiger partial charge on any atom is 0.416 e. The van der Waals surface area contributed by atoms with E-state index in [0.29, 0.717) is 31.6 Å². The van der Waals surface area contributed by atoms with Crippen LogP contribution in [0.1, 0.15) is 31.1 Å². The minimum Gasteiger partial charge on any atom is -0.408 e. The number of H-pyrrole nitrogens is 1. The van der Waals surface area contributed by atoms with E-state index in [2.05, 4.69) is 15.6 Å². The van der Waals surface area contributed by atoms with E-state index in [-0.39, 0.29) is 11.8 Å². The molecular weight excluding hydrogens is 413 g/mol. The third-order valence-corrected chi connectivity index (χ3v) is 4.83. The molecule has 1 fully saturated rings. The number of nitrogens with zero attached hydrogens (tertiary/aromatic N) is 1. The lowest BCUT2D eigenvalue weighted by atomic mass is 10.0. The Kier molecular flexibility index (Phi) is 6.88. The van der Waals surface area contributed by atoms with Gasteiger partial charge < -0.3 is 20.0 Å². The van der Waals surface area contributed by atoms with Gasteiger partial charge in [-0.1, -0.05) is 6.08 Å². The SMILES string of the molecule is C/C=C\C(=C/c1c[nH]c(=O)o1)NC(=O)NC1CCN(c2ccc(C(F)(F)F)cc2)CC1. The van der Waals surface area contributed by atoms with Crippen LogP contribution in [0.4, 0.5) is 23.7 Å². The number of urea groups is 1. The molecule has 1 aliphatic heterocycles. The van der Waals surface area contributed by atoms with E-state index in [0.717, 1.165) is 17.8 Å². The number of piperidine rings is 1. The van der Waals surface area contributed by atoms with Crippen LogP contribution in [0.25, 0.3) is 6.08 Å². The van der Waals surface area contributed by atoms with Crippen LogP contribution >= 0.6 is 0 Å². The molecule has 0 radical (unpaired) electrons. The van der Waals surface area contributed by atoms with E-state index in [9.17, 15) is 22.8 Å². The predicted molar refractivity (Wildman–Crippen MR) is 110 cm³/mol. The fourth-order valence-corrected chi connectivity index (χ4v) is 3.32. The van der Waals surface area contributed by atoms with Crippen molar-refractivity contribution in [2.45, 2.75) is 32.0 Å². The number of benzene rings is 1. The first-order chi connectivity index (χ1) is 14.7. The highest BCUT2D eigenvalue weighted by molar-refractivity contribution is 5.78. The van der Waals surface area contributed by atoms with Crippen molar-refractivity contribution in [2.75, 3.05) is 18.0 Å². The van der Waals surface area contributed by atoms with E-state index in [1.165, 1.54) is 24.4 Å². The summed E-state index contributed by atoms with van der Waals surface area (Å²) in [4.78, 5) is 27.8. The summed E-state index contributed by atoms with van der Waals surface area (Å²) in [6.45, 7) is 3.02. The van der Waals surface area contributed by atoms with Crippen LogP contribution in [0, 0.1) is 0 Å². The van der Waals surface area contributed by atoms with Crippen molar-refractivity contribution in [3.8, 4) is 0 Å². The van der Waals surface area contributed by atoms with Gasteiger partial charge >= 0.3 is 18.0 Å². The topological polar surface area (TPSA) is 90.4 Å². The molecule has 0 aliphatic carbocycles. The van der Waals surface area contributed by atoms with Crippen molar-refractivity contribution in [1.29, 1.82) is 0 Å². The van der Waals surface area contributed by atoms with Gasteiger partial charge in [-0.3, -0.25) is 4.98 Å². The molecule has 1 saturated heterocycles. The van der Waals surface area contributed by atoms with Crippen LogP contribution in [0.5, 0.6) is 0 Å². The highest BCUT2D eigenvalue weighted by Crippen LogP contribution is 2.31. The van der Waals surface area contributed by atoms with E-state index in [4.69, 9.17) is 4.42 Å². The summed E-state index contributed by atoms with van der Waals surface area (Å²) in [7, 11) is 0. The van der Waals surface area contributed by atoms with E-state index in [1.807, 2.05) is 4.90 Å². The maximum atomic E-state index is 12.7. The lowest BCUT2D eigenvalue weighted by Crippen LogP contribution is -2.47. The molecule has 1 aromatic carbocycles. The van der Waals surface area contributed by atoms with Crippen LogP contribution in [0.3, 0.4) is 0 Å². The van der Waals surface area contributed by atoms with Gasteiger partial charge in [0.25, 0.3) is 0 Å². The van der Waals surface area contributed by atoms with Crippen LogP contribution in [0.2, 0.25) is 0 Å². The van der Waals surface area contributed by atoms with Crippen molar-refractivity contribution >= 4 is 17.8 Å². The second-order valence-electron chi connectivity index (χ2n) is 7.08. The zero-order valence-corrected chi connectivity index (χ0v) is 16.8. The third kappa shape index (κ3) is 6.27. The zero-order chi connectivity index (χ0) is 22.4. The minimum atomic E-state index is -4.35. The molecule has 10 heteroatoms. The number of halogens is 3. The molecule has 2 heterocycles. The van der Waals surface area contributed by atoms with Crippen molar-refractivity contribution in [3.05, 3.63) is 70.2 Å². The van der Waals surface area contributed by atoms with Crippen molar-refractivity contribution in [2.24, 2.45) is 0 Å². The molecule has 3 rings (SSSR count). The first-order valence-electron chi connectivity index (χ1n) is 9.77. The van der Waals surface area contributed by atoms with Gasteiger partial charge in [-0.2, -0.15) is 13.2 Å². The Bertz CT molecular complexity index is 998. The Labute approximate surface area is 176 Å². The van der Waals surface area contributed by atoms with Gasteiger partial charge in [-0.25, -0.2) is 9.59 Å². The van der Waals surface area contributed by atoms with Gasteiger partial charge in [-0.05, 0) is 50.1 Å². The number of aromatic amines is 1. The van der Waals surface area contributed by atoms with E-state index in [1.54, 1.807) is 19.1 Å². The number of oxazole rings is 1. The normalized spacial score (nSPS) is 16.0. The number of anilines is 1. The smallest absolute Gasteiger partial charge is 0.408 e. The Morgan fingerprint density at radius 3 is 2.45 bits per heavy atom. The molecule has 2 amide bonds. The van der Waals surface area contributed by atoms with E-state index < -0.39 is 23.5 Å². The Morgan fingerprint density at radius 2 is 1.90 bits per heavy atom. The largest absolute Gasteiger partial charge is 0.416 e. The van der Waals surface area contributed by atoms with Gasteiger partial charge in [-0.15, -0.1) is 0 Å². The fourth-order valence-electron chi connectivity index (χ4n) is 3.32. The molecule has 1 aromatic heterocycles. The molecule has 1 aliphatic rings. The molecule has 31 heavy (non-hydrogen) atoms. The quantitative estimate of drug-likeness (QED) is 0.621. The molecule has 2 aromatic rings. The van der Waals surface area contributed by atoms with Gasteiger partial charge in [0.1, 0.15) is 0 Å². The summed E-state index contributed by atoms with van der Waals surface area (Å²) in [5.74, 6) is -0.307. The molecule has 7 nitrogen and oxygen atoms in total. The van der Waals surface area contributed by atoms with Gasteiger partial charge in [0, 0.05) is 36.6 Å². The van der Waals surface area contributed by atoms with Crippen LogP contribution in [0.15, 0.2) is 57.5 Å². The summed E-state index contributed by atoms with van der Waals surface area (Å²) in [5, 5.41) is 5.61. The Morgan fingerprint density at radius 1 is 1.23 bits per heavy atom. The van der Waals surface area contributed by atoms with Crippen LogP contribution in [-0.2, 0) is 6.18 Å². The number of alkyl halides is 3. The van der Waals surface area contributed by atoms with Crippen LogP contribution < -0.4 is 21.3 Å². The summed E-state index contributed by atoms with van der Waals surface area (Å²) in [6, 6.07) is 4.63. The summed E-state index contributed by atoms with van der Waals surface area (Å²) in [6.07, 6.45) is 3.27. The first kappa shape index (κ1) is 22.3. The number of rotatable bonds is 5. The number of carbonyl (C=O) groups excluding carboxylic acids is 1. The third-order valence-electron chi connectivity index (χ3n) is 4.83. The number of allylic oxidation sites excluding steroid dienone is 2. The molecule has 0 saturated carbocycles. The Balaban J connectivity index is 1.52. The van der Waals surface area contributed by atoms with Crippen molar-refractivity contribution in [1.82, 2.24) is 15.6 Å². The molecule has 0 bridgehead atoms. The second kappa shape index (κ2) is 9.59. The highest BCUT2D eigenvalue weighted by Gasteiger charge is 2.30. The highest BCUT2D eigenvalue weighted by atomic mass is 19.4. The molecule has 0 unspecified atom stereocenters. The lowest BCUT2D eigenvalue weighted by Gasteiger charge is -2.34. The monoisotopic (exact) mass is 436 g/mol. The second-order valence-corrected chi connectivity index (χ2v) is 7.08. The zero-order valence-electron chi connectivity index (χ0n) is 16.8. The summed E-state index contributed by atoms with van der Waals surface area (Å²) in [5.41, 5.74) is 0.500. The lowest BCUT2D eigenvalue weighted by molar-refractivity contribution is -0.137. The molecule has 3 N–H and O–H groups in total. The number of hydrogen-bond acceptors (Lipinski definition) is 4. The average molecular weight is 436 g/mol. The van der Waals surface area contributed by atoms with E-state index >= 15 is 0 Å².